The maximum absolute atomic E-state index is 13.1. The second kappa shape index (κ2) is 9.38. The number of ether oxygens (including phenoxy) is 2. The smallest absolute Gasteiger partial charge is 0.264 e. The molecule has 0 atom stereocenters. The Morgan fingerprint density at radius 3 is 2.07 bits per heavy atom. The summed E-state index contributed by atoms with van der Waals surface area (Å²) in [5.74, 6) is 0.787. The molecule has 0 spiro atoms. The minimum absolute atomic E-state index is 0.00569. The van der Waals surface area contributed by atoms with E-state index in [1.165, 1.54) is 37.7 Å². The molecule has 3 rings (SSSR count). The van der Waals surface area contributed by atoms with Gasteiger partial charge in [-0.05, 0) is 49.2 Å². The van der Waals surface area contributed by atoms with Crippen molar-refractivity contribution in [2.24, 2.45) is 0 Å². The summed E-state index contributed by atoms with van der Waals surface area (Å²) < 4.78 is 37.7. The van der Waals surface area contributed by atoms with E-state index in [2.05, 4.69) is 0 Å². The lowest BCUT2D eigenvalue weighted by molar-refractivity contribution is 0.0761. The van der Waals surface area contributed by atoms with E-state index in [0.29, 0.717) is 22.7 Å². The van der Waals surface area contributed by atoms with Gasteiger partial charge < -0.3 is 14.4 Å². The van der Waals surface area contributed by atoms with Gasteiger partial charge in [0.05, 0.1) is 24.8 Å². The van der Waals surface area contributed by atoms with Crippen molar-refractivity contribution in [1.82, 2.24) is 4.90 Å². The predicted octanol–water partition coefficient (Wildman–Crippen LogP) is 3.55. The van der Waals surface area contributed by atoms with E-state index in [-0.39, 0.29) is 10.8 Å². The van der Waals surface area contributed by atoms with Gasteiger partial charge in [0.25, 0.3) is 15.9 Å². The van der Waals surface area contributed by atoms with Gasteiger partial charge in [0, 0.05) is 31.8 Å². The molecule has 0 radical (unpaired) electrons. The summed E-state index contributed by atoms with van der Waals surface area (Å²) in [7, 11) is 0.627. The zero-order chi connectivity index (χ0) is 21.7. The molecule has 0 bridgehead atoms. The largest absolute Gasteiger partial charge is 0.493 e. The van der Waals surface area contributed by atoms with Crippen molar-refractivity contribution >= 4 is 21.6 Å². The van der Waals surface area contributed by atoms with Gasteiger partial charge in [0.15, 0.2) is 11.5 Å². The van der Waals surface area contributed by atoms with E-state index in [4.69, 9.17) is 9.47 Å². The molecule has 1 aliphatic heterocycles. The fourth-order valence-corrected chi connectivity index (χ4v) is 4.76. The quantitative estimate of drug-likeness (QED) is 0.698. The monoisotopic (exact) mass is 432 g/mol. The first-order valence-corrected chi connectivity index (χ1v) is 11.4. The molecule has 0 N–H and O–H groups in total. The number of hydrogen-bond donors (Lipinski definition) is 0. The van der Waals surface area contributed by atoms with Crippen LogP contribution in [-0.2, 0) is 10.0 Å². The number of nitrogens with zero attached hydrogens (tertiary/aromatic N) is 2. The van der Waals surface area contributed by atoms with E-state index in [1.54, 1.807) is 30.3 Å². The summed E-state index contributed by atoms with van der Waals surface area (Å²) >= 11 is 0. The minimum atomic E-state index is -3.81. The Labute approximate surface area is 178 Å². The van der Waals surface area contributed by atoms with E-state index in [9.17, 15) is 13.2 Å². The third-order valence-electron chi connectivity index (χ3n) is 5.38. The SMILES string of the molecule is COc1ccc(S(=O)(=O)N(C)c2ccc(C(=O)N3CCCCCC3)cc2)cc1OC. The molecule has 0 aliphatic carbocycles. The number of sulfonamides is 1. The highest BCUT2D eigenvalue weighted by atomic mass is 32.2. The Morgan fingerprint density at radius 2 is 1.50 bits per heavy atom. The lowest BCUT2D eigenvalue weighted by Crippen LogP contribution is -2.32. The van der Waals surface area contributed by atoms with Crippen molar-refractivity contribution in [3.8, 4) is 11.5 Å². The van der Waals surface area contributed by atoms with Crippen LogP contribution in [-0.4, -0.2) is 53.6 Å². The van der Waals surface area contributed by atoms with Gasteiger partial charge in [0.1, 0.15) is 0 Å². The lowest BCUT2D eigenvalue weighted by atomic mass is 10.1. The number of methoxy groups -OCH3 is 2. The maximum atomic E-state index is 13.1. The Morgan fingerprint density at radius 1 is 0.900 bits per heavy atom. The molecular weight excluding hydrogens is 404 g/mol. The third-order valence-corrected chi connectivity index (χ3v) is 7.17. The highest BCUT2D eigenvalue weighted by molar-refractivity contribution is 7.92. The first kappa shape index (κ1) is 22.0. The Hall–Kier alpha value is -2.74. The molecule has 2 aromatic carbocycles. The molecule has 8 heteroatoms. The van der Waals surface area contributed by atoms with E-state index in [1.807, 2.05) is 4.90 Å². The first-order valence-electron chi connectivity index (χ1n) is 9.99. The molecule has 0 unspecified atom stereocenters. The van der Waals surface area contributed by atoms with Gasteiger partial charge in [-0.25, -0.2) is 8.42 Å². The number of carbonyl (C=O) groups is 1. The molecule has 1 fully saturated rings. The number of hydrogen-bond acceptors (Lipinski definition) is 5. The molecule has 1 aliphatic rings. The van der Waals surface area contributed by atoms with Crippen LogP contribution < -0.4 is 13.8 Å². The highest BCUT2D eigenvalue weighted by Gasteiger charge is 2.24. The average Bonchev–Trinajstić information content (AvgIpc) is 3.07. The first-order chi connectivity index (χ1) is 14.4. The summed E-state index contributed by atoms with van der Waals surface area (Å²) in [4.78, 5) is 14.7. The van der Waals surface area contributed by atoms with Crippen molar-refractivity contribution in [1.29, 1.82) is 0 Å². The van der Waals surface area contributed by atoms with Crippen LogP contribution in [0.5, 0.6) is 11.5 Å². The molecule has 0 aromatic heterocycles. The molecular formula is C22H28N2O5S. The lowest BCUT2D eigenvalue weighted by Gasteiger charge is -2.22. The maximum Gasteiger partial charge on any atom is 0.264 e. The molecule has 7 nitrogen and oxygen atoms in total. The average molecular weight is 433 g/mol. The van der Waals surface area contributed by atoms with Crippen molar-refractivity contribution < 1.29 is 22.7 Å². The Balaban J connectivity index is 1.81. The zero-order valence-corrected chi connectivity index (χ0v) is 18.4. The summed E-state index contributed by atoms with van der Waals surface area (Å²) in [6.07, 6.45) is 4.36. The number of likely N-dealkylation sites (tertiary alicyclic amines) is 1. The molecule has 0 saturated carbocycles. The van der Waals surface area contributed by atoms with Crippen LogP contribution in [0.3, 0.4) is 0 Å². The van der Waals surface area contributed by atoms with Crippen molar-refractivity contribution in [2.45, 2.75) is 30.6 Å². The van der Waals surface area contributed by atoms with E-state index >= 15 is 0 Å². The van der Waals surface area contributed by atoms with Gasteiger partial charge in [-0.3, -0.25) is 9.10 Å². The van der Waals surface area contributed by atoms with Gasteiger partial charge in [-0.2, -0.15) is 0 Å². The number of benzene rings is 2. The summed E-state index contributed by atoms with van der Waals surface area (Å²) in [6.45, 7) is 1.54. The van der Waals surface area contributed by atoms with Gasteiger partial charge in [-0.15, -0.1) is 0 Å². The minimum Gasteiger partial charge on any atom is -0.493 e. The molecule has 1 saturated heterocycles. The van der Waals surface area contributed by atoms with Crippen LogP contribution in [0.1, 0.15) is 36.0 Å². The number of carbonyl (C=O) groups excluding carboxylic acids is 1. The van der Waals surface area contributed by atoms with Crippen LogP contribution >= 0.6 is 0 Å². The summed E-state index contributed by atoms with van der Waals surface area (Å²) in [5, 5.41) is 0. The number of anilines is 1. The Bertz CT molecular complexity index is 981. The standard InChI is InChI=1S/C22H28N2O5S/c1-23(30(26,27)19-12-13-20(28-2)21(16-19)29-3)18-10-8-17(9-11-18)22(25)24-14-6-4-5-7-15-24/h8-13,16H,4-7,14-15H2,1-3H3. The normalized spacial score (nSPS) is 14.7. The van der Waals surface area contributed by atoms with Gasteiger partial charge in [0.2, 0.25) is 0 Å². The van der Waals surface area contributed by atoms with Crippen molar-refractivity contribution in [3.63, 3.8) is 0 Å². The topological polar surface area (TPSA) is 76.2 Å². The van der Waals surface area contributed by atoms with Crippen LogP contribution in [0.25, 0.3) is 0 Å². The van der Waals surface area contributed by atoms with E-state index in [0.717, 1.165) is 38.8 Å². The van der Waals surface area contributed by atoms with Crippen LogP contribution in [0.4, 0.5) is 5.69 Å². The molecule has 1 amide bonds. The number of amides is 1. The predicted molar refractivity (Wildman–Crippen MR) is 116 cm³/mol. The zero-order valence-electron chi connectivity index (χ0n) is 17.6. The fraction of sp³-hybridized carbons (Fsp3) is 0.409. The van der Waals surface area contributed by atoms with E-state index < -0.39 is 10.0 Å². The van der Waals surface area contributed by atoms with Crippen LogP contribution in [0, 0.1) is 0 Å². The highest BCUT2D eigenvalue weighted by Crippen LogP contribution is 2.31. The summed E-state index contributed by atoms with van der Waals surface area (Å²) in [5.41, 5.74) is 1.04. The third kappa shape index (κ3) is 4.53. The van der Waals surface area contributed by atoms with Crippen molar-refractivity contribution in [2.75, 3.05) is 38.7 Å². The van der Waals surface area contributed by atoms with Crippen LogP contribution in [0.15, 0.2) is 47.4 Å². The number of rotatable bonds is 6. The second-order valence-corrected chi connectivity index (χ2v) is 9.21. The Kier molecular flexibility index (Phi) is 6.87. The summed E-state index contributed by atoms with van der Waals surface area (Å²) in [6, 6.07) is 11.1. The van der Waals surface area contributed by atoms with Crippen molar-refractivity contribution in [3.05, 3.63) is 48.0 Å². The van der Waals surface area contributed by atoms with Gasteiger partial charge in [-0.1, -0.05) is 12.8 Å². The van der Waals surface area contributed by atoms with Gasteiger partial charge >= 0.3 is 0 Å². The molecule has 2 aromatic rings. The molecule has 30 heavy (non-hydrogen) atoms. The van der Waals surface area contributed by atoms with Crippen LogP contribution in [0.2, 0.25) is 0 Å². The second-order valence-electron chi connectivity index (χ2n) is 7.24. The molecule has 162 valence electrons. The fourth-order valence-electron chi connectivity index (χ4n) is 3.54. The molecule has 1 heterocycles.